The van der Waals surface area contributed by atoms with Crippen LogP contribution in [0.4, 0.5) is 0 Å². The summed E-state index contributed by atoms with van der Waals surface area (Å²) in [6, 6.07) is 8.09. The first-order valence-electron chi connectivity index (χ1n) is 7.11. The van der Waals surface area contributed by atoms with E-state index in [-0.39, 0.29) is 0 Å². The molecule has 1 aromatic carbocycles. The molecule has 0 spiro atoms. The minimum Gasteiger partial charge on any atom is -0.327 e. The molecule has 0 bridgehead atoms. The number of fused-ring (bicyclic) bond motifs is 1. The lowest BCUT2D eigenvalue weighted by atomic mass is 10.3. The highest BCUT2D eigenvalue weighted by Gasteiger charge is 2.09. The van der Waals surface area contributed by atoms with Crippen molar-refractivity contribution in [2.45, 2.75) is 26.4 Å². The van der Waals surface area contributed by atoms with E-state index in [1.807, 2.05) is 18.2 Å². The van der Waals surface area contributed by atoms with Crippen LogP contribution in [-0.2, 0) is 23.1 Å². The third-order valence-corrected chi connectivity index (χ3v) is 3.86. The Kier molecular flexibility index (Phi) is 5.33. The van der Waals surface area contributed by atoms with E-state index < -0.39 is 10.0 Å². The SMILES string of the molecule is CCCn1c(CNCCNS(C)(=O)=O)nc2ccccc21. The van der Waals surface area contributed by atoms with Crippen LogP contribution in [0.3, 0.4) is 0 Å². The molecule has 0 unspecified atom stereocenters. The second-order valence-electron chi connectivity index (χ2n) is 5.01. The number of imidazole rings is 1. The minimum absolute atomic E-state index is 0.382. The predicted molar refractivity (Wildman–Crippen MR) is 84.6 cm³/mol. The summed E-state index contributed by atoms with van der Waals surface area (Å²) in [6.45, 7) is 4.65. The molecule has 1 aromatic heterocycles. The van der Waals surface area contributed by atoms with Gasteiger partial charge in [0.25, 0.3) is 0 Å². The summed E-state index contributed by atoms with van der Waals surface area (Å²) in [6.07, 6.45) is 2.21. The summed E-state index contributed by atoms with van der Waals surface area (Å²) < 4.78 is 26.6. The number of hydrogen-bond donors (Lipinski definition) is 2. The van der Waals surface area contributed by atoms with E-state index in [2.05, 4.69) is 32.6 Å². The van der Waals surface area contributed by atoms with Crippen LogP contribution in [0.25, 0.3) is 11.0 Å². The number of hydrogen-bond acceptors (Lipinski definition) is 4. The Labute approximate surface area is 125 Å². The topological polar surface area (TPSA) is 76.0 Å². The maximum absolute atomic E-state index is 11.0. The summed E-state index contributed by atoms with van der Waals surface area (Å²) >= 11 is 0. The summed E-state index contributed by atoms with van der Waals surface area (Å²) in [5.41, 5.74) is 2.14. The van der Waals surface area contributed by atoms with E-state index in [0.717, 1.165) is 36.1 Å². The first-order valence-corrected chi connectivity index (χ1v) is 9.00. The zero-order valence-corrected chi connectivity index (χ0v) is 13.3. The van der Waals surface area contributed by atoms with Gasteiger partial charge in [0.05, 0.1) is 23.8 Å². The maximum atomic E-state index is 11.0. The van der Waals surface area contributed by atoms with Crippen molar-refractivity contribution in [1.29, 1.82) is 0 Å². The van der Waals surface area contributed by atoms with Crippen molar-refractivity contribution in [3.8, 4) is 0 Å². The van der Waals surface area contributed by atoms with Gasteiger partial charge in [-0.05, 0) is 18.6 Å². The Morgan fingerprint density at radius 3 is 2.71 bits per heavy atom. The number of rotatable bonds is 8. The van der Waals surface area contributed by atoms with Crippen LogP contribution in [0.1, 0.15) is 19.2 Å². The van der Waals surface area contributed by atoms with E-state index in [1.165, 1.54) is 0 Å². The molecule has 0 saturated heterocycles. The molecule has 0 aliphatic carbocycles. The highest BCUT2D eigenvalue weighted by Crippen LogP contribution is 2.16. The molecule has 7 heteroatoms. The summed E-state index contributed by atoms with van der Waals surface area (Å²) in [5.74, 6) is 0.984. The van der Waals surface area contributed by atoms with Crippen LogP contribution in [-0.4, -0.2) is 37.3 Å². The van der Waals surface area contributed by atoms with E-state index in [0.29, 0.717) is 19.6 Å². The molecule has 0 radical (unpaired) electrons. The highest BCUT2D eigenvalue weighted by molar-refractivity contribution is 7.88. The van der Waals surface area contributed by atoms with Gasteiger partial charge in [-0.15, -0.1) is 0 Å². The number of aromatic nitrogens is 2. The molecule has 1 heterocycles. The molecule has 21 heavy (non-hydrogen) atoms. The van der Waals surface area contributed by atoms with E-state index in [9.17, 15) is 8.42 Å². The van der Waals surface area contributed by atoms with Crippen LogP contribution in [0, 0.1) is 0 Å². The van der Waals surface area contributed by atoms with E-state index in [1.54, 1.807) is 0 Å². The van der Waals surface area contributed by atoms with E-state index in [4.69, 9.17) is 0 Å². The minimum atomic E-state index is -3.12. The molecule has 0 fully saturated rings. The smallest absolute Gasteiger partial charge is 0.208 e. The van der Waals surface area contributed by atoms with Crippen molar-refractivity contribution >= 4 is 21.1 Å². The largest absolute Gasteiger partial charge is 0.327 e. The molecule has 0 atom stereocenters. The lowest BCUT2D eigenvalue weighted by molar-refractivity contribution is 0.573. The molecule has 0 amide bonds. The van der Waals surface area contributed by atoms with Crippen molar-refractivity contribution < 1.29 is 8.42 Å². The molecular formula is C14H22N4O2S. The summed E-state index contributed by atoms with van der Waals surface area (Å²) in [7, 11) is -3.12. The van der Waals surface area contributed by atoms with Crippen molar-refractivity contribution in [2.24, 2.45) is 0 Å². The average molecular weight is 310 g/mol. The summed E-state index contributed by atoms with van der Waals surface area (Å²) in [5, 5.41) is 3.22. The Hall–Kier alpha value is -1.44. The Balaban J connectivity index is 1.99. The van der Waals surface area contributed by atoms with Crippen LogP contribution >= 0.6 is 0 Å². The number of para-hydroxylation sites is 2. The number of sulfonamides is 1. The first kappa shape index (κ1) is 15.9. The molecule has 116 valence electrons. The third kappa shape index (κ3) is 4.52. The number of benzene rings is 1. The van der Waals surface area contributed by atoms with Gasteiger partial charge in [0.1, 0.15) is 5.82 Å². The van der Waals surface area contributed by atoms with Crippen LogP contribution in [0.5, 0.6) is 0 Å². The van der Waals surface area contributed by atoms with Gasteiger partial charge < -0.3 is 9.88 Å². The van der Waals surface area contributed by atoms with Gasteiger partial charge in [0.15, 0.2) is 0 Å². The van der Waals surface area contributed by atoms with Crippen molar-refractivity contribution in [3.63, 3.8) is 0 Å². The van der Waals surface area contributed by atoms with Crippen LogP contribution < -0.4 is 10.0 Å². The van der Waals surface area contributed by atoms with Gasteiger partial charge in [-0.25, -0.2) is 18.1 Å². The van der Waals surface area contributed by atoms with Gasteiger partial charge in [0, 0.05) is 19.6 Å². The highest BCUT2D eigenvalue weighted by atomic mass is 32.2. The van der Waals surface area contributed by atoms with Gasteiger partial charge >= 0.3 is 0 Å². The molecule has 0 saturated carbocycles. The molecule has 2 rings (SSSR count). The normalized spacial score (nSPS) is 12.1. The third-order valence-electron chi connectivity index (χ3n) is 3.13. The molecule has 0 aliphatic rings. The second-order valence-corrected chi connectivity index (χ2v) is 6.84. The van der Waals surface area contributed by atoms with Crippen LogP contribution in [0.15, 0.2) is 24.3 Å². The summed E-state index contributed by atoms with van der Waals surface area (Å²) in [4.78, 5) is 4.64. The van der Waals surface area contributed by atoms with Gasteiger partial charge in [-0.2, -0.15) is 0 Å². The number of aryl methyl sites for hydroxylation is 1. The second kappa shape index (κ2) is 7.02. The average Bonchev–Trinajstić information content (AvgIpc) is 2.76. The van der Waals surface area contributed by atoms with Crippen molar-refractivity contribution in [3.05, 3.63) is 30.1 Å². The first-order chi connectivity index (χ1) is 10.0. The maximum Gasteiger partial charge on any atom is 0.208 e. The molecule has 6 nitrogen and oxygen atoms in total. The molecule has 0 aliphatic heterocycles. The lowest BCUT2D eigenvalue weighted by Gasteiger charge is -2.09. The van der Waals surface area contributed by atoms with E-state index >= 15 is 0 Å². The zero-order valence-electron chi connectivity index (χ0n) is 12.5. The predicted octanol–water partition coefficient (Wildman–Crippen LogP) is 1.09. The van der Waals surface area contributed by atoms with Gasteiger partial charge in [0.2, 0.25) is 10.0 Å². The fraction of sp³-hybridized carbons (Fsp3) is 0.500. The standard InChI is InChI=1S/C14H22N4O2S/c1-3-10-18-13-7-5-4-6-12(13)17-14(18)11-15-8-9-16-21(2,19)20/h4-7,15-16H,3,8-11H2,1-2H3. The monoisotopic (exact) mass is 310 g/mol. The quantitative estimate of drug-likeness (QED) is 0.716. The molecule has 2 aromatic rings. The molecule has 2 N–H and O–H groups in total. The van der Waals surface area contributed by atoms with Crippen molar-refractivity contribution in [2.75, 3.05) is 19.3 Å². The fourth-order valence-electron chi connectivity index (χ4n) is 2.26. The Morgan fingerprint density at radius 1 is 1.24 bits per heavy atom. The van der Waals surface area contributed by atoms with Gasteiger partial charge in [-0.1, -0.05) is 19.1 Å². The number of nitrogens with one attached hydrogen (secondary N) is 2. The molecular weight excluding hydrogens is 288 g/mol. The Bertz CT molecular complexity index is 694. The fourth-order valence-corrected chi connectivity index (χ4v) is 2.73. The van der Waals surface area contributed by atoms with Gasteiger partial charge in [-0.3, -0.25) is 0 Å². The Morgan fingerprint density at radius 2 is 2.00 bits per heavy atom. The lowest BCUT2D eigenvalue weighted by Crippen LogP contribution is -2.31. The van der Waals surface area contributed by atoms with Crippen LogP contribution in [0.2, 0.25) is 0 Å². The van der Waals surface area contributed by atoms with Crippen molar-refractivity contribution in [1.82, 2.24) is 19.6 Å². The number of nitrogens with zero attached hydrogens (tertiary/aromatic N) is 2. The zero-order chi connectivity index (χ0) is 15.3.